The maximum atomic E-state index is 13.0. The van der Waals surface area contributed by atoms with Crippen molar-refractivity contribution in [2.24, 2.45) is 0 Å². The fourth-order valence-electron chi connectivity index (χ4n) is 3.49. The van der Waals surface area contributed by atoms with Gasteiger partial charge in [0.2, 0.25) is 0 Å². The van der Waals surface area contributed by atoms with Crippen molar-refractivity contribution in [2.45, 2.75) is 25.5 Å². The topological polar surface area (TPSA) is 42.0 Å². The van der Waals surface area contributed by atoms with Crippen LogP contribution in [0.2, 0.25) is 0 Å². The third-order valence-corrected chi connectivity index (χ3v) is 4.84. The minimum absolute atomic E-state index is 0. The maximum Gasteiger partial charge on any atom is 0.259 e. The molecule has 1 aromatic carbocycles. The fourth-order valence-corrected chi connectivity index (χ4v) is 3.49. The van der Waals surface area contributed by atoms with Crippen LogP contribution in [0.25, 0.3) is 0 Å². The van der Waals surface area contributed by atoms with Crippen molar-refractivity contribution < 1.29 is 14.3 Å². The zero-order valence-electron chi connectivity index (χ0n) is 13.8. The minimum atomic E-state index is -0.427. The van der Waals surface area contributed by atoms with E-state index < -0.39 is 5.72 Å². The highest BCUT2D eigenvalue weighted by atomic mass is 35.5. The van der Waals surface area contributed by atoms with Crippen molar-refractivity contribution in [3.05, 3.63) is 29.8 Å². The number of ether oxygens (including phenoxy) is 2. The summed E-state index contributed by atoms with van der Waals surface area (Å²) in [6.45, 7) is 6.45. The molecule has 0 aliphatic carbocycles. The second kappa shape index (κ2) is 7.51. The molecule has 0 unspecified atom stereocenters. The highest BCUT2D eigenvalue weighted by molar-refractivity contribution is 5.97. The number of hydrogen-bond acceptors (Lipinski definition) is 4. The predicted molar refractivity (Wildman–Crippen MR) is 91.3 cm³/mol. The second-order valence-electron chi connectivity index (χ2n) is 5.89. The molecule has 6 heteroatoms. The van der Waals surface area contributed by atoms with Crippen LogP contribution in [0.1, 0.15) is 30.1 Å². The number of carbonyl (C=O) groups is 1. The summed E-state index contributed by atoms with van der Waals surface area (Å²) in [4.78, 5) is 17.3. The normalized spacial score (nSPS) is 20.3. The lowest BCUT2D eigenvalue weighted by molar-refractivity contribution is -0.104. The van der Waals surface area contributed by atoms with E-state index in [1.165, 1.54) is 0 Å². The zero-order chi connectivity index (χ0) is 15.6. The molecule has 1 spiro atoms. The summed E-state index contributed by atoms with van der Waals surface area (Å²) in [7, 11) is 1.60. The monoisotopic (exact) mass is 340 g/mol. The van der Waals surface area contributed by atoms with Gasteiger partial charge in [0.25, 0.3) is 5.91 Å². The van der Waals surface area contributed by atoms with Crippen molar-refractivity contribution >= 4 is 18.3 Å². The van der Waals surface area contributed by atoms with Crippen molar-refractivity contribution in [1.82, 2.24) is 9.80 Å². The first-order valence-corrected chi connectivity index (χ1v) is 8.01. The van der Waals surface area contributed by atoms with Gasteiger partial charge in [0.15, 0.2) is 0 Å². The standard InChI is InChI=1S/C17H24N2O3.ClH/c1-3-18-10-8-17(9-11-18)19(12-13-22-17)16(20)14-6-4-5-7-15(14)21-2;/h4-7H,3,8-13H2,1-2H3;1H. The Labute approximate surface area is 143 Å². The van der Waals surface area contributed by atoms with Crippen molar-refractivity contribution in [3.63, 3.8) is 0 Å². The Bertz CT molecular complexity index is 544. The molecule has 2 aliphatic heterocycles. The summed E-state index contributed by atoms with van der Waals surface area (Å²) in [5, 5.41) is 0. The van der Waals surface area contributed by atoms with E-state index in [1.807, 2.05) is 29.2 Å². The van der Waals surface area contributed by atoms with Crippen molar-refractivity contribution in [2.75, 3.05) is 39.9 Å². The van der Waals surface area contributed by atoms with Gasteiger partial charge in [0.05, 0.1) is 19.3 Å². The van der Waals surface area contributed by atoms with Gasteiger partial charge < -0.3 is 19.3 Å². The molecular formula is C17H25ClN2O3. The number of halogens is 1. The van der Waals surface area contributed by atoms with Gasteiger partial charge >= 0.3 is 0 Å². The Morgan fingerprint density at radius 3 is 2.61 bits per heavy atom. The van der Waals surface area contributed by atoms with E-state index in [0.717, 1.165) is 32.5 Å². The first-order chi connectivity index (χ1) is 10.7. The number of nitrogens with zero attached hydrogens (tertiary/aromatic N) is 2. The molecule has 0 aromatic heterocycles. The van der Waals surface area contributed by atoms with Gasteiger partial charge in [-0.1, -0.05) is 19.1 Å². The molecule has 2 aliphatic rings. The van der Waals surface area contributed by atoms with Gasteiger partial charge in [-0.05, 0) is 18.7 Å². The predicted octanol–water partition coefficient (Wildman–Crippen LogP) is 2.40. The van der Waals surface area contributed by atoms with Gasteiger partial charge in [-0.15, -0.1) is 12.4 Å². The van der Waals surface area contributed by atoms with Gasteiger partial charge in [0, 0.05) is 32.5 Å². The molecule has 0 radical (unpaired) electrons. The number of amides is 1. The number of methoxy groups -OCH3 is 1. The molecule has 0 atom stereocenters. The average molecular weight is 341 g/mol. The van der Waals surface area contributed by atoms with Crippen LogP contribution in [0.5, 0.6) is 5.75 Å². The van der Waals surface area contributed by atoms with E-state index in [0.29, 0.717) is 24.5 Å². The summed E-state index contributed by atoms with van der Waals surface area (Å²) in [5.74, 6) is 0.639. The van der Waals surface area contributed by atoms with E-state index in [4.69, 9.17) is 9.47 Å². The number of hydrogen-bond donors (Lipinski definition) is 0. The molecule has 1 amide bonds. The maximum absolute atomic E-state index is 13.0. The molecule has 0 saturated carbocycles. The number of rotatable bonds is 3. The number of carbonyl (C=O) groups excluding carboxylic acids is 1. The quantitative estimate of drug-likeness (QED) is 0.847. The van der Waals surface area contributed by atoms with Gasteiger partial charge in [-0.25, -0.2) is 0 Å². The third kappa shape index (κ3) is 3.32. The highest BCUT2D eigenvalue weighted by Gasteiger charge is 2.47. The van der Waals surface area contributed by atoms with Crippen LogP contribution in [-0.2, 0) is 4.74 Å². The Hall–Kier alpha value is -1.30. The van der Waals surface area contributed by atoms with Gasteiger partial charge in [-0.2, -0.15) is 0 Å². The molecule has 23 heavy (non-hydrogen) atoms. The Morgan fingerprint density at radius 2 is 1.96 bits per heavy atom. The summed E-state index contributed by atoms with van der Waals surface area (Å²) in [5.41, 5.74) is 0.191. The zero-order valence-corrected chi connectivity index (χ0v) is 14.6. The first kappa shape index (κ1) is 18.0. The van der Waals surface area contributed by atoms with E-state index in [9.17, 15) is 4.79 Å². The van der Waals surface area contributed by atoms with E-state index >= 15 is 0 Å². The third-order valence-electron chi connectivity index (χ3n) is 4.84. The number of piperidine rings is 1. The lowest BCUT2D eigenvalue weighted by Crippen LogP contribution is -2.54. The van der Waals surface area contributed by atoms with E-state index in [2.05, 4.69) is 11.8 Å². The highest BCUT2D eigenvalue weighted by Crippen LogP contribution is 2.36. The Balaban J connectivity index is 0.00000192. The van der Waals surface area contributed by atoms with Crippen LogP contribution < -0.4 is 4.74 Å². The molecule has 0 bridgehead atoms. The summed E-state index contributed by atoms with van der Waals surface area (Å²) in [6, 6.07) is 7.41. The van der Waals surface area contributed by atoms with E-state index in [-0.39, 0.29) is 18.3 Å². The first-order valence-electron chi connectivity index (χ1n) is 8.01. The lowest BCUT2D eigenvalue weighted by Gasteiger charge is -2.43. The molecule has 128 valence electrons. The minimum Gasteiger partial charge on any atom is -0.496 e. The van der Waals surface area contributed by atoms with Crippen LogP contribution in [0.15, 0.2) is 24.3 Å². The smallest absolute Gasteiger partial charge is 0.259 e. The largest absolute Gasteiger partial charge is 0.496 e. The molecule has 5 nitrogen and oxygen atoms in total. The fraction of sp³-hybridized carbons (Fsp3) is 0.588. The van der Waals surface area contributed by atoms with Crippen molar-refractivity contribution in [3.8, 4) is 5.75 Å². The molecular weight excluding hydrogens is 316 g/mol. The van der Waals surface area contributed by atoms with Crippen LogP contribution in [0.4, 0.5) is 0 Å². The molecule has 2 fully saturated rings. The molecule has 2 saturated heterocycles. The van der Waals surface area contributed by atoms with Crippen LogP contribution >= 0.6 is 12.4 Å². The summed E-state index contributed by atoms with van der Waals surface area (Å²) < 4.78 is 11.4. The number of para-hydroxylation sites is 1. The molecule has 3 rings (SSSR count). The number of benzene rings is 1. The SMILES string of the molecule is CCN1CCC2(CC1)OCCN2C(=O)c1ccccc1OC.Cl. The van der Waals surface area contributed by atoms with Crippen LogP contribution in [0, 0.1) is 0 Å². The number of likely N-dealkylation sites (tertiary alicyclic amines) is 1. The average Bonchev–Trinajstić information content (AvgIpc) is 2.98. The Morgan fingerprint density at radius 1 is 1.26 bits per heavy atom. The lowest BCUT2D eigenvalue weighted by atomic mass is 9.98. The van der Waals surface area contributed by atoms with Gasteiger partial charge in [-0.3, -0.25) is 4.79 Å². The van der Waals surface area contributed by atoms with Crippen molar-refractivity contribution in [1.29, 1.82) is 0 Å². The van der Waals surface area contributed by atoms with E-state index in [1.54, 1.807) is 7.11 Å². The van der Waals surface area contributed by atoms with Crippen LogP contribution in [0.3, 0.4) is 0 Å². The molecule has 1 aromatic rings. The molecule has 2 heterocycles. The summed E-state index contributed by atoms with van der Waals surface area (Å²) >= 11 is 0. The van der Waals surface area contributed by atoms with Crippen LogP contribution in [-0.4, -0.2) is 61.3 Å². The summed E-state index contributed by atoms with van der Waals surface area (Å²) in [6.07, 6.45) is 1.75. The molecule has 0 N–H and O–H groups in total. The second-order valence-corrected chi connectivity index (χ2v) is 5.89. The van der Waals surface area contributed by atoms with Gasteiger partial charge in [0.1, 0.15) is 11.5 Å². The Kier molecular flexibility index (Phi) is 5.89.